The highest BCUT2D eigenvalue weighted by Crippen LogP contribution is 2.38. The highest BCUT2D eigenvalue weighted by Gasteiger charge is 2.38. The smallest absolute Gasteiger partial charge is 0.437 e. The Bertz CT molecular complexity index is 1070. The molecule has 2 unspecified atom stereocenters. The molecule has 172 valence electrons. The molecule has 2 aromatic rings. The molecular formula is C18H16ClF3N2O7P+. The van der Waals surface area contributed by atoms with Crippen LogP contribution in [0, 0.1) is 10.1 Å². The first-order valence-corrected chi connectivity index (χ1v) is 10.4. The SMILES string of the molecule is CCc1cc([N+](=O)[O-])c([P+](=O)OC(C)OC(C)=O)cc1Oc1ncc(C(F)(F)F)cc1Cl. The number of aromatic nitrogens is 1. The summed E-state index contributed by atoms with van der Waals surface area (Å²) in [6.45, 7) is 4.01. The summed E-state index contributed by atoms with van der Waals surface area (Å²) in [5, 5.41) is 10.6. The van der Waals surface area contributed by atoms with Crippen LogP contribution in [-0.4, -0.2) is 22.2 Å². The lowest BCUT2D eigenvalue weighted by atomic mass is 10.1. The van der Waals surface area contributed by atoms with E-state index in [9.17, 15) is 32.6 Å². The number of esters is 1. The number of rotatable bonds is 8. The summed E-state index contributed by atoms with van der Waals surface area (Å²) >= 11 is 5.86. The van der Waals surface area contributed by atoms with Gasteiger partial charge < -0.3 is 9.47 Å². The minimum absolute atomic E-state index is 0.0747. The van der Waals surface area contributed by atoms with Crippen LogP contribution in [0.3, 0.4) is 0 Å². The molecule has 0 amide bonds. The first kappa shape index (κ1) is 25.4. The van der Waals surface area contributed by atoms with Crippen molar-refractivity contribution in [3.05, 3.63) is 50.7 Å². The van der Waals surface area contributed by atoms with Gasteiger partial charge in [-0.05, 0) is 17.1 Å². The van der Waals surface area contributed by atoms with Gasteiger partial charge in [0.1, 0.15) is 10.8 Å². The zero-order valence-corrected chi connectivity index (χ0v) is 18.5. The predicted octanol–water partition coefficient (Wildman–Crippen LogP) is 5.31. The van der Waals surface area contributed by atoms with Crippen molar-refractivity contribution in [2.75, 3.05) is 0 Å². The van der Waals surface area contributed by atoms with Gasteiger partial charge >= 0.3 is 31.2 Å². The Balaban J connectivity index is 2.47. The van der Waals surface area contributed by atoms with E-state index >= 15 is 0 Å². The van der Waals surface area contributed by atoms with Gasteiger partial charge in [-0.25, -0.2) is 4.98 Å². The molecule has 14 heteroatoms. The van der Waals surface area contributed by atoms with Gasteiger partial charge in [0, 0.05) is 37.7 Å². The van der Waals surface area contributed by atoms with Crippen molar-refractivity contribution in [3.63, 3.8) is 0 Å². The van der Waals surface area contributed by atoms with E-state index in [1.807, 2.05) is 0 Å². The Kier molecular flexibility index (Phi) is 8.11. The van der Waals surface area contributed by atoms with E-state index in [0.29, 0.717) is 12.3 Å². The minimum atomic E-state index is -4.67. The van der Waals surface area contributed by atoms with Crippen LogP contribution in [-0.2, 0) is 31.2 Å². The topological polar surface area (TPSA) is 118 Å². The molecule has 0 spiro atoms. The van der Waals surface area contributed by atoms with Gasteiger partial charge in [0.15, 0.2) is 0 Å². The number of nitro benzene ring substituents is 1. The fraction of sp³-hybridized carbons (Fsp3) is 0.333. The van der Waals surface area contributed by atoms with Gasteiger partial charge in [-0.2, -0.15) is 13.2 Å². The molecule has 9 nitrogen and oxygen atoms in total. The normalized spacial score (nSPS) is 12.8. The zero-order chi connectivity index (χ0) is 24.2. The molecule has 0 aliphatic heterocycles. The molecule has 0 bridgehead atoms. The maximum absolute atomic E-state index is 12.8. The number of alkyl halides is 3. The highest BCUT2D eigenvalue weighted by molar-refractivity contribution is 7.48. The number of ether oxygens (including phenoxy) is 2. The molecule has 1 aromatic carbocycles. The van der Waals surface area contributed by atoms with Crippen molar-refractivity contribution in [2.45, 2.75) is 39.7 Å². The third-order valence-corrected chi connectivity index (χ3v) is 5.36. The minimum Gasteiger partial charge on any atom is -0.437 e. The van der Waals surface area contributed by atoms with Crippen molar-refractivity contribution < 1.29 is 41.5 Å². The van der Waals surface area contributed by atoms with Crippen LogP contribution >= 0.6 is 19.6 Å². The van der Waals surface area contributed by atoms with E-state index in [1.54, 1.807) is 6.92 Å². The molecule has 0 aliphatic carbocycles. The molecule has 0 fully saturated rings. The molecule has 32 heavy (non-hydrogen) atoms. The number of pyridine rings is 1. The standard InChI is InChI=1S/C18H16ClF3N2O7P/c1-4-11-5-14(24(26)27)16(32(28)31-10(3)29-9(2)25)7-15(11)30-17-13(19)6-12(8-23-17)18(20,21)22/h5-8,10H,4H2,1-3H3/q+1. The fourth-order valence-electron chi connectivity index (χ4n) is 2.47. The van der Waals surface area contributed by atoms with Crippen molar-refractivity contribution in [1.82, 2.24) is 4.98 Å². The molecule has 0 saturated carbocycles. The van der Waals surface area contributed by atoms with Gasteiger partial charge in [0.05, 0.1) is 10.5 Å². The Labute approximate surface area is 185 Å². The Morgan fingerprint density at radius 1 is 1.34 bits per heavy atom. The van der Waals surface area contributed by atoms with E-state index in [0.717, 1.165) is 19.1 Å². The Morgan fingerprint density at radius 2 is 2.00 bits per heavy atom. The molecule has 0 saturated heterocycles. The summed E-state index contributed by atoms with van der Waals surface area (Å²) in [5.74, 6) is -1.18. The van der Waals surface area contributed by atoms with Gasteiger partial charge in [-0.15, -0.1) is 0 Å². The lowest BCUT2D eigenvalue weighted by Gasteiger charge is -2.12. The fourth-order valence-corrected chi connectivity index (χ4v) is 3.66. The summed E-state index contributed by atoms with van der Waals surface area (Å²) in [7, 11) is -2.89. The largest absolute Gasteiger partial charge is 0.560 e. The number of benzene rings is 1. The summed E-state index contributed by atoms with van der Waals surface area (Å²) in [4.78, 5) is 25.2. The quantitative estimate of drug-likeness (QED) is 0.159. The molecule has 0 N–H and O–H groups in total. The third-order valence-electron chi connectivity index (χ3n) is 3.85. The maximum atomic E-state index is 12.8. The zero-order valence-electron chi connectivity index (χ0n) is 16.8. The van der Waals surface area contributed by atoms with E-state index in [2.05, 4.69) is 4.98 Å². The van der Waals surface area contributed by atoms with Crippen molar-refractivity contribution in [2.24, 2.45) is 0 Å². The number of aryl methyl sites for hydroxylation is 1. The first-order chi connectivity index (χ1) is 14.8. The van der Waals surface area contributed by atoms with Crippen molar-refractivity contribution in [1.29, 1.82) is 0 Å². The molecule has 0 radical (unpaired) electrons. The van der Waals surface area contributed by atoms with Crippen LogP contribution in [0.25, 0.3) is 0 Å². The number of carbonyl (C=O) groups is 1. The molecule has 2 rings (SSSR count). The Hall–Kier alpha value is -2.82. The van der Waals surface area contributed by atoms with Crippen molar-refractivity contribution >= 4 is 36.6 Å². The number of hydrogen-bond donors (Lipinski definition) is 0. The predicted molar refractivity (Wildman–Crippen MR) is 106 cm³/mol. The molecule has 1 aromatic heterocycles. The van der Waals surface area contributed by atoms with Gasteiger partial charge in [0.2, 0.25) is 5.88 Å². The first-order valence-electron chi connectivity index (χ1n) is 8.86. The lowest BCUT2D eigenvalue weighted by molar-refractivity contribution is -0.383. The number of halogens is 4. The van der Waals surface area contributed by atoms with Gasteiger partial charge in [-0.3, -0.25) is 14.9 Å². The number of carbonyl (C=O) groups excluding carboxylic acids is 1. The monoisotopic (exact) mass is 495 g/mol. The van der Waals surface area contributed by atoms with E-state index < -0.39 is 53.5 Å². The second-order valence-corrected chi connectivity index (χ2v) is 7.82. The van der Waals surface area contributed by atoms with E-state index in [-0.39, 0.29) is 23.0 Å². The maximum Gasteiger partial charge on any atom is 0.560 e. The van der Waals surface area contributed by atoms with Crippen LogP contribution in [0.4, 0.5) is 18.9 Å². The number of nitrogens with zero attached hydrogens (tertiary/aromatic N) is 2. The van der Waals surface area contributed by atoms with Crippen LogP contribution in [0.1, 0.15) is 31.9 Å². The van der Waals surface area contributed by atoms with E-state index in [1.165, 1.54) is 6.92 Å². The van der Waals surface area contributed by atoms with Gasteiger partial charge in [-0.1, -0.05) is 23.0 Å². The molecule has 2 atom stereocenters. The molecule has 1 heterocycles. The van der Waals surface area contributed by atoms with Crippen LogP contribution in [0.5, 0.6) is 11.6 Å². The van der Waals surface area contributed by atoms with Crippen molar-refractivity contribution in [3.8, 4) is 11.6 Å². The highest BCUT2D eigenvalue weighted by atomic mass is 35.5. The second-order valence-electron chi connectivity index (χ2n) is 6.21. The summed E-state index contributed by atoms with van der Waals surface area (Å²) in [6.07, 6.45) is -5.20. The van der Waals surface area contributed by atoms with Gasteiger partial charge in [0.25, 0.3) is 6.29 Å². The number of hydrogen-bond acceptors (Lipinski definition) is 8. The van der Waals surface area contributed by atoms with Crippen LogP contribution in [0.2, 0.25) is 5.02 Å². The van der Waals surface area contributed by atoms with Crippen LogP contribution in [0.15, 0.2) is 24.4 Å². The number of nitro groups is 1. The average Bonchev–Trinajstić information content (AvgIpc) is 2.67. The lowest BCUT2D eigenvalue weighted by Crippen LogP contribution is -2.16. The van der Waals surface area contributed by atoms with Crippen LogP contribution < -0.4 is 10.0 Å². The Morgan fingerprint density at radius 3 is 2.50 bits per heavy atom. The summed E-state index contributed by atoms with van der Waals surface area (Å²) in [6, 6.07) is 2.76. The average molecular weight is 496 g/mol. The third kappa shape index (κ3) is 6.35. The molecule has 0 aliphatic rings. The second kappa shape index (κ2) is 10.2. The molecular weight excluding hydrogens is 480 g/mol. The van der Waals surface area contributed by atoms with E-state index in [4.69, 9.17) is 25.6 Å². The summed E-state index contributed by atoms with van der Waals surface area (Å²) < 4.78 is 66.3. The summed E-state index contributed by atoms with van der Waals surface area (Å²) in [5.41, 5.74) is -1.36.